The van der Waals surface area contributed by atoms with Gasteiger partial charge in [0.05, 0.1) is 0 Å². The summed E-state index contributed by atoms with van der Waals surface area (Å²) < 4.78 is 9.39. The molecule has 0 saturated heterocycles. The second-order valence-electron chi connectivity index (χ2n) is 2.33. The van der Waals surface area contributed by atoms with Crippen LogP contribution in [0.3, 0.4) is 0 Å². The molecule has 6 heteroatoms. The number of halogens is 2. The van der Waals surface area contributed by atoms with Gasteiger partial charge in [-0.05, 0) is 13.8 Å². The molecule has 0 atom stereocenters. The summed E-state index contributed by atoms with van der Waals surface area (Å²) in [5.41, 5.74) is 0. The molecule has 14 heavy (non-hydrogen) atoms. The molecule has 0 aromatic heterocycles. The molecule has 0 aliphatic carbocycles. The molecule has 0 N–H and O–H groups in total. The molecule has 0 fully saturated rings. The molecule has 0 spiro atoms. The molecule has 0 aliphatic heterocycles. The van der Waals surface area contributed by atoms with Crippen molar-refractivity contribution in [2.24, 2.45) is 0 Å². The first-order chi connectivity index (χ1) is 6.51. The summed E-state index contributed by atoms with van der Waals surface area (Å²) >= 11 is 10.4. The first kappa shape index (κ1) is 13.3. The zero-order valence-electron chi connectivity index (χ0n) is 7.80. The summed E-state index contributed by atoms with van der Waals surface area (Å²) in [5, 5.41) is 0. The van der Waals surface area contributed by atoms with Crippen LogP contribution in [0.25, 0.3) is 0 Å². The molecule has 0 radical (unpaired) electrons. The Morgan fingerprint density at radius 1 is 0.929 bits per heavy atom. The normalized spacial score (nSPS) is 11.7. The van der Waals surface area contributed by atoms with Crippen molar-refractivity contribution >= 4 is 35.1 Å². The van der Waals surface area contributed by atoms with E-state index in [1.165, 1.54) is 13.8 Å². The molecular weight excluding hydrogens is 231 g/mol. The highest BCUT2D eigenvalue weighted by molar-refractivity contribution is 6.26. The highest BCUT2D eigenvalue weighted by Gasteiger charge is 2.08. The predicted octanol–water partition coefficient (Wildman–Crippen LogP) is 1.80. The zero-order chi connectivity index (χ0) is 11.1. The largest absolute Gasteiger partial charge is 0.427 e. The van der Waals surface area contributed by atoms with Gasteiger partial charge in [0.15, 0.2) is 0 Å². The number of hydrogen-bond donors (Lipinski definition) is 0. The Hall–Kier alpha value is -0.740. The van der Waals surface area contributed by atoms with E-state index in [4.69, 9.17) is 32.7 Å². The van der Waals surface area contributed by atoms with Crippen molar-refractivity contribution in [1.82, 2.24) is 0 Å². The molecule has 0 bridgehead atoms. The average Bonchev–Trinajstić information content (AvgIpc) is 2.17. The highest BCUT2D eigenvalue weighted by atomic mass is 35.5. The minimum absolute atomic E-state index is 0.189. The van der Waals surface area contributed by atoms with Crippen molar-refractivity contribution in [3.63, 3.8) is 0 Å². The van der Waals surface area contributed by atoms with Crippen LogP contribution in [-0.4, -0.2) is 23.7 Å². The number of carbonyl (C=O) groups excluding carboxylic acids is 2. The average molecular weight is 241 g/mol. The van der Waals surface area contributed by atoms with Crippen molar-refractivity contribution < 1.29 is 19.1 Å². The molecule has 80 valence electrons. The standard InChI is InChI=1S/C8H10Cl2O4/c1-5(13-7(11)3-9)6(2)14-8(12)4-10/h3-4H2,1-2H3. The Labute approximate surface area is 91.8 Å². The van der Waals surface area contributed by atoms with E-state index >= 15 is 0 Å². The van der Waals surface area contributed by atoms with Crippen LogP contribution in [0.4, 0.5) is 0 Å². The highest BCUT2D eigenvalue weighted by Crippen LogP contribution is 2.08. The van der Waals surface area contributed by atoms with Crippen LogP contribution in [0.1, 0.15) is 13.8 Å². The molecule has 0 unspecified atom stereocenters. The monoisotopic (exact) mass is 240 g/mol. The summed E-state index contributed by atoms with van der Waals surface area (Å²) in [6, 6.07) is 0. The quantitative estimate of drug-likeness (QED) is 0.427. The lowest BCUT2D eigenvalue weighted by molar-refractivity contribution is -0.140. The molecule has 0 heterocycles. The van der Waals surface area contributed by atoms with Crippen molar-refractivity contribution in [1.29, 1.82) is 0 Å². The van der Waals surface area contributed by atoms with Gasteiger partial charge < -0.3 is 9.47 Å². The van der Waals surface area contributed by atoms with Crippen LogP contribution in [0, 0.1) is 0 Å². The van der Waals surface area contributed by atoms with Crippen molar-refractivity contribution in [2.45, 2.75) is 13.8 Å². The first-order valence-electron chi connectivity index (χ1n) is 3.72. The van der Waals surface area contributed by atoms with E-state index in [0.717, 1.165) is 0 Å². The second-order valence-corrected chi connectivity index (χ2v) is 2.86. The lowest BCUT2D eigenvalue weighted by Gasteiger charge is -2.07. The third-order valence-corrected chi connectivity index (χ3v) is 1.68. The van der Waals surface area contributed by atoms with Gasteiger partial charge in [0, 0.05) is 0 Å². The molecule has 0 aliphatic rings. The van der Waals surface area contributed by atoms with Crippen molar-refractivity contribution in [3.8, 4) is 0 Å². The fourth-order valence-electron chi connectivity index (χ4n) is 0.540. The van der Waals surface area contributed by atoms with E-state index in [1.54, 1.807) is 0 Å². The van der Waals surface area contributed by atoms with E-state index in [1.807, 2.05) is 0 Å². The Bertz CT molecular complexity index is 234. The van der Waals surface area contributed by atoms with E-state index < -0.39 is 11.9 Å². The van der Waals surface area contributed by atoms with Crippen LogP contribution in [0.2, 0.25) is 0 Å². The second kappa shape index (κ2) is 6.68. The van der Waals surface area contributed by atoms with E-state index in [9.17, 15) is 9.59 Å². The summed E-state index contributed by atoms with van der Waals surface area (Å²) in [7, 11) is 0. The topological polar surface area (TPSA) is 52.6 Å². The van der Waals surface area contributed by atoms with Gasteiger partial charge in [-0.15, -0.1) is 23.2 Å². The third-order valence-electron chi connectivity index (χ3n) is 1.25. The van der Waals surface area contributed by atoms with Gasteiger partial charge in [-0.25, -0.2) is 0 Å². The van der Waals surface area contributed by atoms with Crippen LogP contribution in [0.5, 0.6) is 0 Å². The number of hydrogen-bond acceptors (Lipinski definition) is 4. The lowest BCUT2D eigenvalue weighted by Crippen LogP contribution is -2.09. The maximum atomic E-state index is 10.7. The summed E-state index contributed by atoms with van der Waals surface area (Å²) in [6.07, 6.45) is 0. The summed E-state index contributed by atoms with van der Waals surface area (Å²) in [4.78, 5) is 21.5. The molecule has 0 rings (SSSR count). The van der Waals surface area contributed by atoms with Crippen molar-refractivity contribution in [2.75, 3.05) is 11.8 Å². The zero-order valence-corrected chi connectivity index (χ0v) is 9.31. The van der Waals surface area contributed by atoms with E-state index in [-0.39, 0.29) is 23.3 Å². The van der Waals surface area contributed by atoms with Gasteiger partial charge in [-0.3, -0.25) is 9.59 Å². The molecule has 0 saturated carbocycles. The molecule has 0 aromatic rings. The number of allylic oxidation sites excluding steroid dienone is 2. The fraction of sp³-hybridized carbons (Fsp3) is 0.500. The Morgan fingerprint density at radius 3 is 1.43 bits per heavy atom. The van der Waals surface area contributed by atoms with Crippen molar-refractivity contribution in [3.05, 3.63) is 11.5 Å². The SMILES string of the molecule is CC(OC(=O)CCl)=C(C)OC(=O)CCl. The van der Waals surface area contributed by atoms with Gasteiger partial charge in [-0.1, -0.05) is 0 Å². The van der Waals surface area contributed by atoms with Crippen LogP contribution >= 0.6 is 23.2 Å². The smallest absolute Gasteiger partial charge is 0.326 e. The molecule has 4 nitrogen and oxygen atoms in total. The third kappa shape index (κ3) is 5.09. The number of ether oxygens (including phenoxy) is 2. The number of carbonyl (C=O) groups is 2. The van der Waals surface area contributed by atoms with Gasteiger partial charge in [0.2, 0.25) is 0 Å². The van der Waals surface area contributed by atoms with Gasteiger partial charge in [-0.2, -0.15) is 0 Å². The fourth-order valence-corrected chi connectivity index (χ4v) is 0.649. The van der Waals surface area contributed by atoms with E-state index in [2.05, 4.69) is 0 Å². The molecule has 0 aromatic carbocycles. The number of esters is 2. The Morgan fingerprint density at radius 2 is 1.21 bits per heavy atom. The minimum Gasteiger partial charge on any atom is -0.427 e. The summed E-state index contributed by atoms with van der Waals surface area (Å²) in [6.45, 7) is 2.97. The minimum atomic E-state index is -0.606. The Kier molecular flexibility index (Phi) is 6.32. The number of rotatable bonds is 4. The van der Waals surface area contributed by atoms with E-state index in [0.29, 0.717) is 0 Å². The van der Waals surface area contributed by atoms with Crippen LogP contribution in [-0.2, 0) is 19.1 Å². The van der Waals surface area contributed by atoms with Gasteiger partial charge in [0.25, 0.3) is 0 Å². The summed E-state index contributed by atoms with van der Waals surface area (Å²) in [5.74, 6) is -1.35. The first-order valence-corrected chi connectivity index (χ1v) is 4.79. The van der Waals surface area contributed by atoms with Crippen LogP contribution in [0.15, 0.2) is 11.5 Å². The van der Waals surface area contributed by atoms with Crippen LogP contribution < -0.4 is 0 Å². The maximum Gasteiger partial charge on any atom is 0.326 e. The number of alkyl halides is 2. The molecule has 0 amide bonds. The maximum absolute atomic E-state index is 10.7. The van der Waals surface area contributed by atoms with Gasteiger partial charge in [0.1, 0.15) is 23.3 Å². The Balaban J connectivity index is 4.28. The lowest BCUT2D eigenvalue weighted by atomic mass is 10.4. The van der Waals surface area contributed by atoms with Gasteiger partial charge >= 0.3 is 11.9 Å². The predicted molar refractivity (Wildman–Crippen MR) is 52.0 cm³/mol. The molecular formula is C8H10Cl2O4.